The van der Waals surface area contributed by atoms with Crippen LogP contribution in [0.1, 0.15) is 52.5 Å². The van der Waals surface area contributed by atoms with Crippen LogP contribution < -0.4 is 10.1 Å². The Morgan fingerprint density at radius 1 is 1.20 bits per heavy atom. The Morgan fingerprint density at radius 3 is 2.28 bits per heavy atom. The normalized spacial score (nSPS) is 14.3. The molecule has 0 saturated carbocycles. The molecule has 0 aromatic heterocycles. The zero-order valence-corrected chi connectivity index (χ0v) is 15.2. The fourth-order valence-electron chi connectivity index (χ4n) is 2.06. The van der Waals surface area contributed by atoms with Crippen molar-refractivity contribution in [3.05, 3.63) is 23.8 Å². The fraction of sp³-hybridized carbons (Fsp3) is 0.500. The summed E-state index contributed by atoms with van der Waals surface area (Å²) in [6.07, 6.45) is 1.43. The van der Waals surface area contributed by atoms with Gasteiger partial charge in [0.15, 0.2) is 0 Å². The number of aliphatic carboxylic acids is 2. The lowest BCUT2D eigenvalue weighted by Crippen LogP contribution is -2.25. The van der Waals surface area contributed by atoms with Crippen LogP contribution in [0.5, 0.6) is 5.75 Å². The van der Waals surface area contributed by atoms with Crippen LogP contribution in [-0.4, -0.2) is 34.2 Å². The number of fused-ring (bicyclic) bond motifs is 1. The molecule has 0 radical (unpaired) electrons. The summed E-state index contributed by atoms with van der Waals surface area (Å²) in [6.45, 7) is 7.06. The fourth-order valence-corrected chi connectivity index (χ4v) is 2.06. The van der Waals surface area contributed by atoms with Crippen molar-refractivity contribution in [3.63, 3.8) is 0 Å². The van der Waals surface area contributed by atoms with Gasteiger partial charge in [-0.25, -0.2) is 0 Å². The van der Waals surface area contributed by atoms with Gasteiger partial charge in [-0.1, -0.05) is 20.8 Å². The number of anilines is 1. The summed E-state index contributed by atoms with van der Waals surface area (Å²) in [4.78, 5) is 30.9. The first-order chi connectivity index (χ1) is 11.8. The zero-order valence-electron chi connectivity index (χ0n) is 15.2. The molecule has 1 aromatic carbocycles. The molecule has 1 aliphatic rings. The minimum Gasteiger partial charge on any atom is -0.490 e. The molecular weight excluding hydrogens is 326 g/mol. The van der Waals surface area contributed by atoms with Gasteiger partial charge in [-0.3, -0.25) is 14.4 Å². The number of hydrogen-bond donors (Lipinski definition) is 3. The van der Waals surface area contributed by atoms with E-state index >= 15 is 0 Å². The Kier molecular flexibility index (Phi) is 10.7. The summed E-state index contributed by atoms with van der Waals surface area (Å²) in [5, 5.41) is 19.2. The molecule has 7 nitrogen and oxygen atoms in total. The predicted molar refractivity (Wildman–Crippen MR) is 95.0 cm³/mol. The van der Waals surface area contributed by atoms with E-state index < -0.39 is 11.9 Å². The van der Waals surface area contributed by atoms with Gasteiger partial charge in [0, 0.05) is 19.0 Å². The van der Waals surface area contributed by atoms with Crippen molar-refractivity contribution in [2.45, 2.75) is 59.5 Å². The van der Waals surface area contributed by atoms with Crippen molar-refractivity contribution in [1.82, 2.24) is 0 Å². The SMILES string of the molecule is CC.CC(=O)Nc1ccc2c(c1)CC[C@H](CC(=O)O)O2.CCC(=O)O. The highest BCUT2D eigenvalue weighted by Crippen LogP contribution is 2.30. The molecule has 0 fully saturated rings. The number of ether oxygens (including phenoxy) is 1. The highest BCUT2D eigenvalue weighted by Gasteiger charge is 2.22. The van der Waals surface area contributed by atoms with Gasteiger partial charge in [0.05, 0.1) is 6.42 Å². The van der Waals surface area contributed by atoms with Crippen molar-refractivity contribution in [2.24, 2.45) is 0 Å². The van der Waals surface area contributed by atoms with E-state index in [0.29, 0.717) is 12.2 Å². The quantitative estimate of drug-likeness (QED) is 0.765. The largest absolute Gasteiger partial charge is 0.490 e. The Morgan fingerprint density at radius 2 is 1.80 bits per heavy atom. The minimum atomic E-state index is -0.849. The van der Waals surface area contributed by atoms with Crippen molar-refractivity contribution >= 4 is 23.5 Å². The molecule has 2 rings (SSSR count). The molecule has 0 spiro atoms. The van der Waals surface area contributed by atoms with E-state index in [2.05, 4.69) is 5.32 Å². The van der Waals surface area contributed by atoms with Gasteiger partial charge < -0.3 is 20.3 Å². The molecule has 0 aliphatic carbocycles. The van der Waals surface area contributed by atoms with E-state index in [1.165, 1.54) is 6.92 Å². The average Bonchev–Trinajstić information content (AvgIpc) is 2.56. The number of carbonyl (C=O) groups is 3. The van der Waals surface area contributed by atoms with Gasteiger partial charge in [0.1, 0.15) is 11.9 Å². The Hall–Kier alpha value is -2.57. The van der Waals surface area contributed by atoms with Crippen molar-refractivity contribution in [3.8, 4) is 5.75 Å². The standard InChI is InChI=1S/C13H15NO4.C3H6O2.C2H6/c1-8(15)14-10-3-5-12-9(6-10)2-4-11(18-12)7-13(16)17;1-2-3(4)5;1-2/h3,5-6,11H,2,4,7H2,1H3,(H,14,15)(H,16,17);2H2,1H3,(H,4,5);1-2H3/t11-;;/m1../s1. The average molecular weight is 353 g/mol. The predicted octanol–water partition coefficient (Wildman–Crippen LogP) is 3.32. The first-order valence-corrected chi connectivity index (χ1v) is 8.32. The first-order valence-electron chi connectivity index (χ1n) is 8.32. The summed E-state index contributed by atoms with van der Waals surface area (Å²) in [6, 6.07) is 5.39. The lowest BCUT2D eigenvalue weighted by molar-refractivity contribution is -0.139. The number of benzene rings is 1. The molecule has 3 N–H and O–H groups in total. The summed E-state index contributed by atoms with van der Waals surface area (Å²) in [5.41, 5.74) is 1.74. The molecule has 1 heterocycles. The van der Waals surface area contributed by atoms with Crippen LogP contribution >= 0.6 is 0 Å². The van der Waals surface area contributed by atoms with E-state index in [9.17, 15) is 14.4 Å². The summed E-state index contributed by atoms with van der Waals surface area (Å²) < 4.78 is 5.61. The monoisotopic (exact) mass is 353 g/mol. The van der Waals surface area contributed by atoms with E-state index in [1.807, 2.05) is 19.9 Å². The third-order valence-corrected chi connectivity index (χ3v) is 3.11. The van der Waals surface area contributed by atoms with Crippen LogP contribution in [-0.2, 0) is 20.8 Å². The molecule has 7 heteroatoms. The summed E-state index contributed by atoms with van der Waals surface area (Å²) >= 11 is 0. The Balaban J connectivity index is 0.000000710. The van der Waals surface area contributed by atoms with Gasteiger partial charge in [-0.15, -0.1) is 0 Å². The van der Waals surface area contributed by atoms with Crippen LogP contribution in [0.15, 0.2) is 18.2 Å². The number of carboxylic acids is 2. The molecule has 0 unspecified atom stereocenters. The maximum Gasteiger partial charge on any atom is 0.307 e. The van der Waals surface area contributed by atoms with Crippen LogP contribution in [0.4, 0.5) is 5.69 Å². The summed E-state index contributed by atoms with van der Waals surface area (Å²) in [5.74, 6) is -1.000. The third-order valence-electron chi connectivity index (χ3n) is 3.11. The second kappa shape index (κ2) is 11.9. The smallest absolute Gasteiger partial charge is 0.307 e. The molecule has 1 atom stereocenters. The van der Waals surface area contributed by atoms with E-state index in [-0.39, 0.29) is 24.9 Å². The molecule has 1 amide bonds. The maximum absolute atomic E-state index is 10.9. The molecule has 0 saturated heterocycles. The number of rotatable bonds is 4. The molecule has 1 aliphatic heterocycles. The Bertz CT molecular complexity index is 585. The number of nitrogens with one attached hydrogen (secondary N) is 1. The van der Waals surface area contributed by atoms with Gasteiger partial charge >= 0.3 is 11.9 Å². The van der Waals surface area contributed by atoms with Crippen LogP contribution in [0, 0.1) is 0 Å². The van der Waals surface area contributed by atoms with Gasteiger partial charge in [0.25, 0.3) is 0 Å². The van der Waals surface area contributed by atoms with E-state index in [0.717, 1.165) is 17.7 Å². The second-order valence-corrected chi connectivity index (χ2v) is 5.13. The van der Waals surface area contributed by atoms with Crippen molar-refractivity contribution < 1.29 is 29.3 Å². The van der Waals surface area contributed by atoms with Crippen LogP contribution in [0.2, 0.25) is 0 Å². The summed E-state index contributed by atoms with van der Waals surface area (Å²) in [7, 11) is 0. The number of carbonyl (C=O) groups excluding carboxylic acids is 1. The van der Waals surface area contributed by atoms with Crippen molar-refractivity contribution in [1.29, 1.82) is 0 Å². The molecule has 140 valence electrons. The topological polar surface area (TPSA) is 113 Å². The van der Waals surface area contributed by atoms with Crippen LogP contribution in [0.3, 0.4) is 0 Å². The zero-order chi connectivity index (χ0) is 19.4. The number of amides is 1. The highest BCUT2D eigenvalue weighted by atomic mass is 16.5. The molecular formula is C18H27NO6. The number of hydrogen-bond acceptors (Lipinski definition) is 4. The van der Waals surface area contributed by atoms with Gasteiger partial charge in [0.2, 0.25) is 5.91 Å². The highest BCUT2D eigenvalue weighted by molar-refractivity contribution is 5.88. The first kappa shape index (κ1) is 22.4. The van der Waals surface area contributed by atoms with E-state index in [4.69, 9.17) is 14.9 Å². The second-order valence-electron chi connectivity index (χ2n) is 5.13. The number of aryl methyl sites for hydroxylation is 1. The maximum atomic E-state index is 10.9. The Labute approximate surface area is 148 Å². The van der Waals surface area contributed by atoms with Gasteiger partial charge in [-0.2, -0.15) is 0 Å². The van der Waals surface area contributed by atoms with Crippen LogP contribution in [0.25, 0.3) is 0 Å². The molecule has 25 heavy (non-hydrogen) atoms. The lowest BCUT2D eigenvalue weighted by Gasteiger charge is -2.25. The third kappa shape index (κ3) is 9.34. The number of carboxylic acid groups (broad SMARTS) is 2. The van der Waals surface area contributed by atoms with Crippen molar-refractivity contribution in [2.75, 3.05) is 5.32 Å². The molecule has 1 aromatic rings. The molecule has 0 bridgehead atoms. The van der Waals surface area contributed by atoms with E-state index in [1.54, 1.807) is 19.1 Å². The minimum absolute atomic E-state index is 0.0207. The van der Waals surface area contributed by atoms with Gasteiger partial charge in [-0.05, 0) is 36.6 Å². The lowest BCUT2D eigenvalue weighted by atomic mass is 10.00.